The minimum Gasteiger partial charge on any atom is -0.379 e. The molecule has 0 bridgehead atoms. The van der Waals surface area contributed by atoms with E-state index in [2.05, 4.69) is 38.6 Å². The minimum absolute atomic E-state index is 0.0658. The normalized spacial score (nSPS) is 19.1. The number of nitrogens with zero attached hydrogens (tertiary/aromatic N) is 3. The quantitative estimate of drug-likeness (QED) is 0.573. The molecule has 0 radical (unpaired) electrons. The molecule has 0 spiro atoms. The molecule has 2 aliphatic heterocycles. The van der Waals surface area contributed by atoms with Crippen molar-refractivity contribution in [1.29, 1.82) is 0 Å². The van der Waals surface area contributed by atoms with Gasteiger partial charge in [-0.25, -0.2) is 0 Å². The van der Waals surface area contributed by atoms with Crippen molar-refractivity contribution in [3.05, 3.63) is 65.4 Å². The van der Waals surface area contributed by atoms with Crippen molar-refractivity contribution in [2.45, 2.75) is 31.6 Å². The summed E-state index contributed by atoms with van der Waals surface area (Å²) in [5.74, 6) is 1.17. The van der Waals surface area contributed by atoms with Gasteiger partial charge in [-0.05, 0) is 36.0 Å². The van der Waals surface area contributed by atoms with Gasteiger partial charge in [-0.15, -0.1) is 0 Å². The summed E-state index contributed by atoms with van der Waals surface area (Å²) >= 11 is 0. The van der Waals surface area contributed by atoms with Crippen LogP contribution in [0.25, 0.3) is 5.57 Å². The number of hydrogen-bond donors (Lipinski definition) is 2. The van der Waals surface area contributed by atoms with Crippen LogP contribution < -0.4 is 5.32 Å². The van der Waals surface area contributed by atoms with E-state index >= 15 is 0 Å². The first kappa shape index (κ1) is 23.5. The molecular formula is C27H33N5O3. The maximum absolute atomic E-state index is 12.5. The van der Waals surface area contributed by atoms with Gasteiger partial charge >= 0.3 is 0 Å². The van der Waals surface area contributed by atoms with E-state index in [1.807, 2.05) is 29.2 Å². The second kappa shape index (κ2) is 11.0. The fourth-order valence-corrected chi connectivity index (χ4v) is 4.54. The van der Waals surface area contributed by atoms with Gasteiger partial charge < -0.3 is 15.0 Å². The van der Waals surface area contributed by atoms with Gasteiger partial charge in [0.1, 0.15) is 0 Å². The lowest BCUT2D eigenvalue weighted by Crippen LogP contribution is -2.36. The molecular weight excluding hydrogens is 442 g/mol. The van der Waals surface area contributed by atoms with E-state index in [9.17, 15) is 9.59 Å². The van der Waals surface area contributed by atoms with Crippen molar-refractivity contribution in [3.8, 4) is 0 Å². The zero-order valence-corrected chi connectivity index (χ0v) is 20.0. The SMILES string of the molecule is O=C(Cc1ccc(C2=CCN(C(=O)/C=C/CN3CCOCC3)CC2)cc1)Nc1cc(C2CC2)[nH]n1. The number of carbonyl (C=O) groups excluding carboxylic acids is 2. The first-order valence-electron chi connectivity index (χ1n) is 12.5. The Morgan fingerprint density at radius 1 is 1.14 bits per heavy atom. The van der Waals surface area contributed by atoms with E-state index < -0.39 is 0 Å². The summed E-state index contributed by atoms with van der Waals surface area (Å²) in [7, 11) is 0. The largest absolute Gasteiger partial charge is 0.379 e. The number of H-pyrrole nitrogens is 1. The van der Waals surface area contributed by atoms with Crippen molar-refractivity contribution >= 4 is 23.2 Å². The number of rotatable bonds is 8. The fraction of sp³-hybridized carbons (Fsp3) is 0.444. The predicted octanol–water partition coefficient (Wildman–Crippen LogP) is 2.97. The fourth-order valence-electron chi connectivity index (χ4n) is 4.54. The monoisotopic (exact) mass is 475 g/mol. The first-order chi connectivity index (χ1) is 17.1. The Hall–Kier alpha value is -3.23. The van der Waals surface area contributed by atoms with Crippen LogP contribution in [0.1, 0.15) is 42.0 Å². The summed E-state index contributed by atoms with van der Waals surface area (Å²) in [6, 6.07) is 10.1. The van der Waals surface area contributed by atoms with E-state index in [1.165, 1.54) is 18.4 Å². The maximum atomic E-state index is 12.5. The van der Waals surface area contributed by atoms with Gasteiger partial charge in [-0.1, -0.05) is 36.4 Å². The zero-order chi connectivity index (χ0) is 24.0. The first-order valence-corrected chi connectivity index (χ1v) is 12.5. The Morgan fingerprint density at radius 2 is 1.94 bits per heavy atom. The molecule has 1 aliphatic carbocycles. The molecule has 0 atom stereocenters. The van der Waals surface area contributed by atoms with Gasteiger partial charge in [-0.2, -0.15) is 5.10 Å². The molecule has 1 aromatic carbocycles. The number of amides is 2. The highest BCUT2D eigenvalue weighted by molar-refractivity contribution is 5.91. The molecule has 1 saturated carbocycles. The molecule has 5 rings (SSSR count). The molecule has 2 aromatic rings. The van der Waals surface area contributed by atoms with E-state index in [-0.39, 0.29) is 11.8 Å². The van der Waals surface area contributed by atoms with Crippen LogP contribution in [0.3, 0.4) is 0 Å². The molecule has 184 valence electrons. The number of aromatic nitrogens is 2. The third-order valence-corrected chi connectivity index (χ3v) is 6.82. The van der Waals surface area contributed by atoms with Crippen LogP contribution in [-0.4, -0.2) is 77.7 Å². The summed E-state index contributed by atoms with van der Waals surface area (Å²) in [6.07, 6.45) is 9.31. The van der Waals surface area contributed by atoms with E-state index in [0.717, 1.165) is 56.1 Å². The van der Waals surface area contributed by atoms with Gasteiger partial charge in [0.25, 0.3) is 0 Å². The van der Waals surface area contributed by atoms with Crippen molar-refractivity contribution < 1.29 is 14.3 Å². The summed E-state index contributed by atoms with van der Waals surface area (Å²) in [4.78, 5) is 29.1. The number of carbonyl (C=O) groups is 2. The molecule has 0 unspecified atom stereocenters. The van der Waals surface area contributed by atoms with Gasteiger partial charge in [-0.3, -0.25) is 19.6 Å². The lowest BCUT2D eigenvalue weighted by molar-refractivity contribution is -0.125. The van der Waals surface area contributed by atoms with Crippen LogP contribution in [0.2, 0.25) is 0 Å². The Kier molecular flexibility index (Phi) is 7.39. The number of morpholine rings is 1. The molecule has 1 aromatic heterocycles. The molecule has 3 aliphatic rings. The number of aromatic amines is 1. The Balaban J connectivity index is 1.08. The van der Waals surface area contributed by atoms with Crippen LogP contribution in [0.15, 0.2) is 48.6 Å². The average molecular weight is 476 g/mol. The summed E-state index contributed by atoms with van der Waals surface area (Å²) in [5, 5.41) is 10.1. The average Bonchev–Trinajstić information content (AvgIpc) is 3.64. The molecule has 35 heavy (non-hydrogen) atoms. The standard InChI is InChI=1S/C27H33N5O3/c33-26(28-25-19-24(29-30-25)23-7-8-23)18-20-3-5-21(6-4-20)22-9-12-32(13-10-22)27(34)2-1-11-31-14-16-35-17-15-31/h1-6,9,19,23H,7-8,10-18H2,(H2,28,29,30,33)/b2-1+. The van der Waals surface area contributed by atoms with Crippen LogP contribution >= 0.6 is 0 Å². The predicted molar refractivity (Wildman–Crippen MR) is 135 cm³/mol. The Labute approximate surface area is 206 Å². The second-order valence-corrected chi connectivity index (χ2v) is 9.48. The topological polar surface area (TPSA) is 90.6 Å². The number of ether oxygens (including phenoxy) is 1. The van der Waals surface area contributed by atoms with E-state index in [0.29, 0.717) is 31.2 Å². The maximum Gasteiger partial charge on any atom is 0.246 e. The number of benzene rings is 1. The minimum atomic E-state index is -0.0701. The molecule has 2 N–H and O–H groups in total. The molecule has 2 amide bonds. The molecule has 8 nitrogen and oxygen atoms in total. The van der Waals surface area contributed by atoms with Crippen LogP contribution in [0.5, 0.6) is 0 Å². The number of hydrogen-bond acceptors (Lipinski definition) is 5. The highest BCUT2D eigenvalue weighted by atomic mass is 16.5. The van der Waals surface area contributed by atoms with Gasteiger partial charge in [0.2, 0.25) is 11.8 Å². The highest BCUT2D eigenvalue weighted by Crippen LogP contribution is 2.39. The third kappa shape index (κ3) is 6.46. The van der Waals surface area contributed by atoms with E-state index in [1.54, 1.807) is 6.08 Å². The lowest BCUT2D eigenvalue weighted by atomic mass is 9.97. The summed E-state index contributed by atoms with van der Waals surface area (Å²) in [5.41, 5.74) is 4.45. The Bertz CT molecular complexity index is 1090. The third-order valence-electron chi connectivity index (χ3n) is 6.82. The molecule has 8 heteroatoms. The molecule has 1 saturated heterocycles. The Morgan fingerprint density at radius 3 is 2.66 bits per heavy atom. The van der Waals surface area contributed by atoms with Crippen LogP contribution in [0.4, 0.5) is 5.82 Å². The zero-order valence-electron chi connectivity index (χ0n) is 20.0. The summed E-state index contributed by atoms with van der Waals surface area (Å²) < 4.78 is 5.35. The van der Waals surface area contributed by atoms with Gasteiger partial charge in [0.15, 0.2) is 5.82 Å². The molecule has 2 fully saturated rings. The number of nitrogens with one attached hydrogen (secondary N) is 2. The lowest BCUT2D eigenvalue weighted by Gasteiger charge is -2.26. The number of anilines is 1. The van der Waals surface area contributed by atoms with Gasteiger partial charge in [0.05, 0.1) is 19.6 Å². The van der Waals surface area contributed by atoms with E-state index in [4.69, 9.17) is 4.74 Å². The smallest absolute Gasteiger partial charge is 0.246 e. The molecule has 3 heterocycles. The van der Waals surface area contributed by atoms with Crippen LogP contribution in [0, 0.1) is 0 Å². The van der Waals surface area contributed by atoms with Crippen molar-refractivity contribution in [2.24, 2.45) is 0 Å². The summed E-state index contributed by atoms with van der Waals surface area (Å²) in [6.45, 7) is 5.49. The van der Waals surface area contributed by atoms with Gasteiger partial charge in [0, 0.05) is 56.5 Å². The van der Waals surface area contributed by atoms with Crippen molar-refractivity contribution in [2.75, 3.05) is 51.3 Å². The highest BCUT2D eigenvalue weighted by Gasteiger charge is 2.25. The van der Waals surface area contributed by atoms with Crippen molar-refractivity contribution in [3.63, 3.8) is 0 Å². The van der Waals surface area contributed by atoms with Crippen molar-refractivity contribution in [1.82, 2.24) is 20.0 Å². The second-order valence-electron chi connectivity index (χ2n) is 9.48. The van der Waals surface area contributed by atoms with Crippen LogP contribution in [-0.2, 0) is 20.7 Å².